The third kappa shape index (κ3) is 3.17. The van der Waals surface area contributed by atoms with Crippen molar-refractivity contribution < 1.29 is 22.7 Å². The van der Waals surface area contributed by atoms with E-state index in [0.29, 0.717) is 4.68 Å². The van der Waals surface area contributed by atoms with Gasteiger partial charge in [0.25, 0.3) is 0 Å². The fraction of sp³-hybridized carbons (Fsp3) is 0.429. The molecule has 2 rings (SSSR count). The Balaban J connectivity index is 2.64. The number of hydrogen-bond acceptors (Lipinski definition) is 3. The van der Waals surface area contributed by atoms with Crippen LogP contribution in [0.4, 0.5) is 18.0 Å². The van der Waals surface area contributed by atoms with Crippen molar-refractivity contribution in [2.75, 3.05) is 0 Å². The lowest BCUT2D eigenvalue weighted by atomic mass is 10.1. The van der Waals surface area contributed by atoms with Gasteiger partial charge in [0.05, 0.1) is 5.52 Å². The molecule has 2 aromatic rings. The minimum Gasteiger partial charge on any atom is -0.442 e. The average Bonchev–Trinajstić information content (AvgIpc) is 2.64. The molecule has 0 radical (unpaired) electrons. The molecule has 0 amide bonds. The van der Waals surface area contributed by atoms with Crippen LogP contribution in [0.25, 0.3) is 10.9 Å². The second kappa shape index (κ2) is 4.75. The molecule has 1 aromatic heterocycles. The molecule has 0 aliphatic rings. The van der Waals surface area contributed by atoms with Gasteiger partial charge in [-0.05, 0) is 39.3 Å². The summed E-state index contributed by atoms with van der Waals surface area (Å²) in [6.07, 6.45) is -5.57. The summed E-state index contributed by atoms with van der Waals surface area (Å²) >= 11 is 0. The fourth-order valence-electron chi connectivity index (χ4n) is 1.88. The number of halogens is 3. The largest absolute Gasteiger partial charge is 0.442 e. The molecule has 0 aliphatic heterocycles. The van der Waals surface area contributed by atoms with Crippen LogP contribution in [-0.4, -0.2) is 21.5 Å². The minimum absolute atomic E-state index is 0.0802. The summed E-state index contributed by atoms with van der Waals surface area (Å²) in [6.45, 7) is 6.62. The van der Waals surface area contributed by atoms with Crippen molar-refractivity contribution in [3.05, 3.63) is 29.5 Å². The molecule has 0 saturated carbocycles. The Morgan fingerprint density at radius 1 is 1.24 bits per heavy atom. The normalized spacial score (nSPS) is 12.7. The van der Waals surface area contributed by atoms with Gasteiger partial charge in [-0.25, -0.2) is 4.79 Å². The molecular formula is C14H15F3N2O2. The summed E-state index contributed by atoms with van der Waals surface area (Å²) in [5, 5.41) is 3.28. The molecule has 0 spiro atoms. The summed E-state index contributed by atoms with van der Waals surface area (Å²) in [4.78, 5) is 12.0. The van der Waals surface area contributed by atoms with Crippen LogP contribution >= 0.6 is 0 Å². The highest BCUT2D eigenvalue weighted by atomic mass is 19.4. The zero-order chi connectivity index (χ0) is 16.0. The highest BCUT2D eigenvalue weighted by molar-refractivity contribution is 5.90. The number of carbonyl (C=O) groups excluding carboxylic acids is 1. The van der Waals surface area contributed by atoms with Crippen LogP contribution in [0.3, 0.4) is 0 Å². The highest BCUT2D eigenvalue weighted by Crippen LogP contribution is 2.34. The maximum absolute atomic E-state index is 13.0. The maximum Gasteiger partial charge on any atom is 0.435 e. The van der Waals surface area contributed by atoms with E-state index in [0.717, 1.165) is 5.56 Å². The smallest absolute Gasteiger partial charge is 0.435 e. The molecule has 7 heteroatoms. The lowest BCUT2D eigenvalue weighted by molar-refractivity contribution is -0.140. The third-order valence-electron chi connectivity index (χ3n) is 2.67. The van der Waals surface area contributed by atoms with Gasteiger partial charge in [0.15, 0.2) is 5.69 Å². The van der Waals surface area contributed by atoms with Crippen LogP contribution in [-0.2, 0) is 10.9 Å². The first-order chi connectivity index (χ1) is 9.49. The van der Waals surface area contributed by atoms with E-state index in [-0.39, 0.29) is 10.9 Å². The highest BCUT2D eigenvalue weighted by Gasteiger charge is 2.38. The van der Waals surface area contributed by atoms with E-state index in [1.807, 2.05) is 0 Å². The Morgan fingerprint density at radius 2 is 1.86 bits per heavy atom. The number of aromatic nitrogens is 2. The number of aryl methyl sites for hydroxylation is 1. The van der Waals surface area contributed by atoms with Crippen molar-refractivity contribution in [1.82, 2.24) is 9.78 Å². The predicted octanol–water partition coefficient (Wildman–Crippen LogP) is 4.15. The summed E-state index contributed by atoms with van der Waals surface area (Å²) in [5.74, 6) is 0. The van der Waals surface area contributed by atoms with Crippen LogP contribution in [0.5, 0.6) is 0 Å². The molecule has 21 heavy (non-hydrogen) atoms. The van der Waals surface area contributed by atoms with E-state index < -0.39 is 23.6 Å². The Labute approximate surface area is 119 Å². The van der Waals surface area contributed by atoms with Gasteiger partial charge in [0, 0.05) is 5.39 Å². The number of hydrogen-bond donors (Lipinski definition) is 0. The third-order valence-corrected chi connectivity index (χ3v) is 2.67. The number of fused-ring (bicyclic) bond motifs is 1. The van der Waals surface area contributed by atoms with E-state index in [4.69, 9.17) is 4.74 Å². The summed E-state index contributed by atoms with van der Waals surface area (Å²) in [7, 11) is 0. The lowest BCUT2D eigenvalue weighted by Crippen LogP contribution is -2.28. The predicted molar refractivity (Wildman–Crippen MR) is 71.1 cm³/mol. The van der Waals surface area contributed by atoms with Crippen molar-refractivity contribution in [3.8, 4) is 0 Å². The lowest BCUT2D eigenvalue weighted by Gasteiger charge is -2.19. The molecule has 0 saturated heterocycles. The molecule has 1 heterocycles. The zero-order valence-corrected chi connectivity index (χ0v) is 12.1. The number of carbonyl (C=O) groups is 1. The van der Waals surface area contributed by atoms with Crippen LogP contribution < -0.4 is 0 Å². The number of benzene rings is 1. The molecular weight excluding hydrogens is 285 g/mol. The number of ether oxygens (including phenoxy) is 1. The molecule has 1 aromatic carbocycles. The van der Waals surface area contributed by atoms with Crippen molar-refractivity contribution in [2.24, 2.45) is 0 Å². The van der Waals surface area contributed by atoms with Crippen molar-refractivity contribution in [2.45, 2.75) is 39.5 Å². The molecule has 4 nitrogen and oxygen atoms in total. The number of alkyl halides is 3. The topological polar surface area (TPSA) is 44.1 Å². The summed E-state index contributed by atoms with van der Waals surface area (Å²) in [5.41, 5.74) is -1.11. The van der Waals surface area contributed by atoms with Gasteiger partial charge in [0.1, 0.15) is 5.60 Å². The molecule has 0 unspecified atom stereocenters. The Bertz CT molecular complexity index is 697. The second-order valence-electron chi connectivity index (χ2n) is 5.76. The van der Waals surface area contributed by atoms with Crippen LogP contribution in [0.2, 0.25) is 0 Å². The average molecular weight is 300 g/mol. The number of nitrogens with zero attached hydrogens (tertiary/aromatic N) is 2. The quantitative estimate of drug-likeness (QED) is 0.734. The molecule has 0 bridgehead atoms. The monoisotopic (exact) mass is 300 g/mol. The van der Waals surface area contributed by atoms with E-state index >= 15 is 0 Å². The van der Waals surface area contributed by atoms with Gasteiger partial charge in [-0.3, -0.25) is 0 Å². The van der Waals surface area contributed by atoms with Gasteiger partial charge >= 0.3 is 12.3 Å². The molecule has 0 fully saturated rings. The Hall–Kier alpha value is -2.05. The van der Waals surface area contributed by atoms with Crippen molar-refractivity contribution in [1.29, 1.82) is 0 Å². The van der Waals surface area contributed by atoms with Gasteiger partial charge in [0.2, 0.25) is 0 Å². The van der Waals surface area contributed by atoms with Crippen LogP contribution in [0, 0.1) is 6.92 Å². The van der Waals surface area contributed by atoms with Gasteiger partial charge < -0.3 is 4.74 Å². The fourth-order valence-corrected chi connectivity index (χ4v) is 1.88. The standard InChI is InChI=1S/C14H15F3N2O2/c1-8-5-6-9-10(7-8)19(12(20)21-13(2,3)4)18-11(9)14(15,16)17/h5-7H,1-4H3. The van der Waals surface area contributed by atoms with E-state index in [2.05, 4.69) is 5.10 Å². The first-order valence-electron chi connectivity index (χ1n) is 6.29. The van der Waals surface area contributed by atoms with E-state index in [1.165, 1.54) is 12.1 Å². The molecule has 0 atom stereocenters. The first kappa shape index (κ1) is 15.3. The molecule has 0 aliphatic carbocycles. The van der Waals surface area contributed by atoms with E-state index in [9.17, 15) is 18.0 Å². The first-order valence-corrected chi connectivity index (χ1v) is 6.29. The van der Waals surface area contributed by atoms with Crippen LogP contribution in [0.15, 0.2) is 18.2 Å². The van der Waals surface area contributed by atoms with Crippen molar-refractivity contribution >= 4 is 17.0 Å². The van der Waals surface area contributed by atoms with E-state index in [1.54, 1.807) is 33.8 Å². The van der Waals surface area contributed by atoms with Gasteiger partial charge in [-0.15, -0.1) is 0 Å². The minimum atomic E-state index is -4.64. The zero-order valence-electron chi connectivity index (χ0n) is 12.1. The molecule has 0 N–H and O–H groups in total. The van der Waals surface area contributed by atoms with Crippen LogP contribution in [0.1, 0.15) is 32.0 Å². The maximum atomic E-state index is 13.0. The molecule has 114 valence electrons. The number of rotatable bonds is 0. The Kier molecular flexibility index (Phi) is 3.47. The summed E-state index contributed by atoms with van der Waals surface area (Å²) < 4.78 is 44.8. The van der Waals surface area contributed by atoms with Gasteiger partial charge in [-0.1, -0.05) is 12.1 Å². The Morgan fingerprint density at radius 3 is 2.38 bits per heavy atom. The van der Waals surface area contributed by atoms with Crippen molar-refractivity contribution in [3.63, 3.8) is 0 Å². The summed E-state index contributed by atoms with van der Waals surface area (Å²) in [6, 6.07) is 4.32. The van der Waals surface area contributed by atoms with Gasteiger partial charge in [-0.2, -0.15) is 23.0 Å². The SMILES string of the molecule is Cc1ccc2c(C(F)(F)F)nn(C(=O)OC(C)(C)C)c2c1. The second-order valence-corrected chi connectivity index (χ2v) is 5.76.